The second-order valence-electron chi connectivity index (χ2n) is 18.4. The molecule has 0 aliphatic heterocycles. The molecule has 0 spiro atoms. The third kappa shape index (κ3) is 9.77. The molecule has 4 fully saturated rings. The highest BCUT2D eigenvalue weighted by atomic mass is 79.9. The van der Waals surface area contributed by atoms with Crippen LogP contribution >= 0.6 is 39.1 Å². The molecule has 4 saturated carbocycles. The van der Waals surface area contributed by atoms with Crippen LogP contribution in [0.15, 0.2) is 145 Å². The number of hydrogen-bond acceptors (Lipinski definition) is 9. The van der Waals surface area contributed by atoms with Gasteiger partial charge in [-0.2, -0.15) is 0 Å². The summed E-state index contributed by atoms with van der Waals surface area (Å²) in [6.45, 7) is 4.08. The number of hydrogen-bond donors (Lipinski definition) is 3. The number of Topliss-reactive ketones (excluding diaryl/α,β-unsaturated/α-hetero) is 1. The van der Waals surface area contributed by atoms with Gasteiger partial charge in [-0.3, -0.25) is 28.1 Å². The van der Waals surface area contributed by atoms with Gasteiger partial charge in [0.05, 0.1) is 10.7 Å². The van der Waals surface area contributed by atoms with Crippen molar-refractivity contribution in [1.29, 1.82) is 0 Å². The summed E-state index contributed by atoms with van der Waals surface area (Å²) in [4.78, 5) is 51.5. The summed E-state index contributed by atoms with van der Waals surface area (Å²) >= 11 is 15.5. The number of aryl methyl sites for hydroxylation is 2. The molecule has 12 nitrogen and oxygen atoms in total. The van der Waals surface area contributed by atoms with Crippen molar-refractivity contribution < 1.29 is 14.4 Å². The number of benzene rings is 5. The highest BCUT2D eigenvalue weighted by Gasteiger charge is 2.55. The molecule has 6 N–H and O–H groups in total. The van der Waals surface area contributed by atoms with Gasteiger partial charge in [0, 0.05) is 37.4 Å². The first kappa shape index (κ1) is 47.3. The molecule has 69 heavy (non-hydrogen) atoms. The monoisotopic (exact) mass is 1020 g/mol. The predicted molar refractivity (Wildman–Crippen MR) is 276 cm³/mol. The zero-order chi connectivity index (χ0) is 48.6. The van der Waals surface area contributed by atoms with Gasteiger partial charge in [0.15, 0.2) is 23.2 Å². The van der Waals surface area contributed by atoms with E-state index in [0.29, 0.717) is 44.1 Å². The van der Waals surface area contributed by atoms with E-state index in [9.17, 15) is 14.4 Å². The van der Waals surface area contributed by atoms with Crippen molar-refractivity contribution in [3.8, 4) is 17.1 Å². The number of carbonyl (C=O) groups is 3. The fraction of sp³-hybridized carbons (Fsp3) is 0.222. The zero-order valence-corrected chi connectivity index (χ0v) is 41.1. The molecule has 12 rings (SSSR count). The fourth-order valence-electron chi connectivity index (χ4n) is 10.5. The van der Waals surface area contributed by atoms with E-state index in [1.807, 2.05) is 66.1 Å². The topological polar surface area (TPSA) is 183 Å². The lowest BCUT2D eigenvalue weighted by Gasteiger charge is -2.55. The highest BCUT2D eigenvalue weighted by molar-refractivity contribution is 9.10. The molecule has 0 unspecified atom stereocenters. The van der Waals surface area contributed by atoms with E-state index in [0.717, 1.165) is 58.4 Å². The Hall–Kier alpha value is -6.80. The Kier molecular flexibility index (Phi) is 13.5. The quantitative estimate of drug-likeness (QED) is 0.118. The fourth-order valence-corrected chi connectivity index (χ4v) is 11.3. The lowest BCUT2D eigenvalue weighted by atomic mass is 9.48. The number of imidazole rings is 3. The van der Waals surface area contributed by atoms with Crippen molar-refractivity contribution in [2.45, 2.75) is 52.4 Å². The summed E-state index contributed by atoms with van der Waals surface area (Å²) in [5.74, 6) is 2.85. The van der Waals surface area contributed by atoms with E-state index >= 15 is 0 Å². The molecule has 4 aliphatic rings. The van der Waals surface area contributed by atoms with Gasteiger partial charge in [0.2, 0.25) is 11.6 Å². The predicted octanol–water partition coefficient (Wildman–Crippen LogP) is 11.9. The zero-order valence-electron chi connectivity index (χ0n) is 38.0. The van der Waals surface area contributed by atoms with E-state index < -0.39 is 0 Å². The van der Waals surface area contributed by atoms with Crippen LogP contribution in [0.5, 0.6) is 0 Å². The summed E-state index contributed by atoms with van der Waals surface area (Å²) in [7, 11) is 0. The number of nitrogen functional groups attached to an aromatic ring is 3. The lowest BCUT2D eigenvalue weighted by Crippen LogP contribution is -2.50. The van der Waals surface area contributed by atoms with Crippen LogP contribution in [0.3, 0.4) is 0 Å². The molecule has 5 aromatic carbocycles. The van der Waals surface area contributed by atoms with Crippen LogP contribution in [0.2, 0.25) is 10.0 Å². The van der Waals surface area contributed by atoms with Crippen LogP contribution < -0.4 is 17.2 Å². The van der Waals surface area contributed by atoms with Crippen molar-refractivity contribution in [3.63, 3.8) is 0 Å². The van der Waals surface area contributed by atoms with Crippen molar-refractivity contribution in [2.75, 3.05) is 17.2 Å². The minimum absolute atomic E-state index is 0.150. The molecule has 0 saturated heterocycles. The van der Waals surface area contributed by atoms with Gasteiger partial charge in [-0.1, -0.05) is 105 Å². The number of aromatic nitrogens is 6. The third-order valence-electron chi connectivity index (χ3n) is 13.5. The van der Waals surface area contributed by atoms with Gasteiger partial charge in [-0.05, 0) is 137 Å². The molecular formula is C54H50BrCl2N9O3. The van der Waals surface area contributed by atoms with E-state index in [1.54, 1.807) is 76.4 Å². The van der Waals surface area contributed by atoms with E-state index in [-0.39, 0.29) is 40.1 Å². The Morgan fingerprint density at radius 1 is 0.565 bits per heavy atom. The molecule has 0 atom stereocenters. The Morgan fingerprint density at radius 3 is 1.49 bits per heavy atom. The molecular weight excluding hydrogens is 973 g/mol. The second-order valence-corrected chi connectivity index (χ2v) is 20.1. The highest BCUT2D eigenvalue weighted by Crippen LogP contribution is 2.61. The van der Waals surface area contributed by atoms with Gasteiger partial charge >= 0.3 is 0 Å². The number of carbonyl (C=O) groups excluding carboxylic acids is 3. The maximum Gasteiger partial charge on any atom is 0.213 e. The van der Waals surface area contributed by atoms with Crippen LogP contribution in [0.1, 0.15) is 92.2 Å². The first-order valence-corrected chi connectivity index (χ1v) is 24.3. The van der Waals surface area contributed by atoms with Crippen LogP contribution in [0.25, 0.3) is 17.1 Å². The first-order valence-electron chi connectivity index (χ1n) is 22.7. The molecule has 3 heterocycles. The number of nitrogens with two attached hydrogens (primary N) is 3. The molecule has 0 radical (unpaired) electrons. The van der Waals surface area contributed by atoms with Gasteiger partial charge < -0.3 is 17.2 Å². The number of rotatable bonds is 9. The SMILES string of the molecule is Cc1ccc(-n2cnc(N)c2C(=O)C23CC4CC(CC(C4)C2)C3)cc1.Cc1ccc(-n2cnc(N)c2C(=O)c2ccc(Br)cc2)cc1.Nc1ncn(-c2ccc(Cl)cc2Cl)c1C(=O)c1ccccc1. The number of halogens is 3. The first-order chi connectivity index (χ1) is 33.2. The normalized spacial score (nSPS) is 18.7. The molecule has 4 bridgehead atoms. The number of ketones is 3. The lowest BCUT2D eigenvalue weighted by molar-refractivity contribution is -0.0356. The molecule has 8 aromatic rings. The molecule has 4 aliphatic carbocycles. The summed E-state index contributed by atoms with van der Waals surface area (Å²) in [6, 6.07) is 37.1. The summed E-state index contributed by atoms with van der Waals surface area (Å²) in [6.07, 6.45) is 11.9. The minimum atomic E-state index is -0.221. The van der Waals surface area contributed by atoms with Crippen molar-refractivity contribution in [3.05, 3.63) is 194 Å². The van der Waals surface area contributed by atoms with E-state index in [2.05, 4.69) is 49.9 Å². The largest absolute Gasteiger partial charge is 0.382 e. The van der Waals surface area contributed by atoms with Gasteiger partial charge in [0.1, 0.15) is 36.1 Å². The van der Waals surface area contributed by atoms with Crippen LogP contribution in [0.4, 0.5) is 17.5 Å². The third-order valence-corrected chi connectivity index (χ3v) is 14.6. The average Bonchev–Trinajstić information content (AvgIpc) is 4.04. The van der Waals surface area contributed by atoms with Gasteiger partial charge in [-0.25, -0.2) is 15.0 Å². The molecule has 3 aromatic heterocycles. The maximum atomic E-state index is 13.7. The standard InChI is InChI=1S/C21H25N3O.C17H14BrN3O.C16H11Cl2N3O/c1-13-2-4-17(5-3-13)24-12-23-20(22)18(24)19(25)21-9-14-6-15(10-21)8-16(7-14)11-21;1-11-2-8-14(9-3-11)21-10-20-17(19)15(21)16(22)12-4-6-13(18)7-5-12;17-11-6-7-13(12(18)8-11)21-9-20-16(19)14(21)15(22)10-4-2-1-3-5-10/h2-5,12,14-16H,6-11,22H2,1H3;2-10H,19H2,1H3;1-9H,19H2. The molecule has 0 amide bonds. The second kappa shape index (κ2) is 19.7. The Labute approximate surface area is 418 Å². The van der Waals surface area contributed by atoms with Crippen molar-refractivity contribution >= 4 is 73.9 Å². The van der Waals surface area contributed by atoms with E-state index in [1.165, 1.54) is 31.2 Å². The Bertz CT molecular complexity index is 3150. The van der Waals surface area contributed by atoms with Gasteiger partial charge in [0.25, 0.3) is 0 Å². The average molecular weight is 1020 g/mol. The van der Waals surface area contributed by atoms with Gasteiger partial charge in [-0.15, -0.1) is 0 Å². The minimum Gasteiger partial charge on any atom is -0.382 e. The van der Waals surface area contributed by atoms with Crippen LogP contribution in [-0.4, -0.2) is 46.0 Å². The number of anilines is 3. The van der Waals surface area contributed by atoms with Crippen molar-refractivity contribution in [2.24, 2.45) is 23.2 Å². The molecule has 15 heteroatoms. The Morgan fingerprint density at radius 2 is 1.00 bits per heavy atom. The maximum absolute atomic E-state index is 13.7. The van der Waals surface area contributed by atoms with Crippen molar-refractivity contribution in [1.82, 2.24) is 28.7 Å². The van der Waals surface area contributed by atoms with Crippen LogP contribution in [-0.2, 0) is 0 Å². The van der Waals surface area contributed by atoms with Crippen LogP contribution in [0, 0.1) is 37.0 Å². The Balaban J connectivity index is 0.000000129. The summed E-state index contributed by atoms with van der Waals surface area (Å²) in [5.41, 5.74) is 24.9. The summed E-state index contributed by atoms with van der Waals surface area (Å²) < 4.78 is 6.11. The smallest absolute Gasteiger partial charge is 0.213 e. The van der Waals surface area contributed by atoms with E-state index in [4.69, 9.17) is 40.4 Å². The molecule has 350 valence electrons. The summed E-state index contributed by atoms with van der Waals surface area (Å²) in [5, 5.41) is 0.921. The number of nitrogens with zero attached hydrogens (tertiary/aromatic N) is 6.